The minimum Gasteiger partial charge on any atom is -0.468 e. The normalized spacial score (nSPS) is 25.0. The van der Waals surface area contributed by atoms with E-state index in [0.717, 1.165) is 0 Å². The molecule has 2 aliphatic heterocycles. The quantitative estimate of drug-likeness (QED) is 0.589. The molecule has 0 aliphatic carbocycles. The highest BCUT2D eigenvalue weighted by Crippen LogP contribution is 2.54. The number of benzene rings is 1. The van der Waals surface area contributed by atoms with E-state index < -0.39 is 9.79 Å². The second-order valence-corrected chi connectivity index (χ2v) is 8.49. The molecule has 0 bridgehead atoms. The molecule has 112 valence electrons. The number of amides is 1. The minimum absolute atomic E-state index is 0.104. The highest BCUT2D eigenvalue weighted by atomic mass is 32.2. The van der Waals surface area contributed by atoms with E-state index in [1.807, 2.05) is 27.7 Å². The van der Waals surface area contributed by atoms with Gasteiger partial charge in [-0.25, -0.2) is 0 Å². The maximum absolute atomic E-state index is 12.8. The first-order valence-corrected chi connectivity index (χ1v) is 7.44. The number of non-ortho nitro benzene ring substituents is 1. The Morgan fingerprint density at radius 2 is 2.00 bits per heavy atom. The number of fused-ring (bicyclic) bond motifs is 2. The average molecular weight is 308 g/mol. The summed E-state index contributed by atoms with van der Waals surface area (Å²) in [6, 6.07) is 4.16. The van der Waals surface area contributed by atoms with Crippen molar-refractivity contribution in [2.45, 2.75) is 43.5 Å². The van der Waals surface area contributed by atoms with Gasteiger partial charge in [-0.3, -0.25) is 19.8 Å². The van der Waals surface area contributed by atoms with Gasteiger partial charge in [0.25, 0.3) is 11.6 Å². The van der Waals surface area contributed by atoms with Crippen LogP contribution in [0, 0.1) is 10.1 Å². The monoisotopic (exact) mass is 308 g/mol. The zero-order valence-electron chi connectivity index (χ0n) is 12.2. The van der Waals surface area contributed by atoms with Gasteiger partial charge in [-0.2, -0.15) is 0 Å². The third kappa shape index (κ3) is 1.98. The number of carbonyl (C=O) groups is 1. The molecule has 1 amide bonds. The molecule has 21 heavy (non-hydrogen) atoms. The number of nitro groups is 1. The molecule has 7 heteroatoms. The number of hydrogen-bond acceptors (Lipinski definition) is 5. The lowest BCUT2D eigenvalue weighted by molar-refractivity contribution is -0.384. The molecule has 0 radical (unpaired) electrons. The van der Waals surface area contributed by atoms with Crippen molar-refractivity contribution in [3.63, 3.8) is 0 Å². The number of rotatable bonds is 1. The van der Waals surface area contributed by atoms with E-state index in [-0.39, 0.29) is 28.1 Å². The highest BCUT2D eigenvalue weighted by molar-refractivity contribution is 8.02. The van der Waals surface area contributed by atoms with Crippen molar-refractivity contribution in [2.24, 2.45) is 0 Å². The van der Waals surface area contributed by atoms with Crippen LogP contribution in [0.15, 0.2) is 18.2 Å². The van der Waals surface area contributed by atoms with E-state index >= 15 is 0 Å². The first-order valence-electron chi connectivity index (χ1n) is 6.62. The van der Waals surface area contributed by atoms with Crippen molar-refractivity contribution < 1.29 is 14.5 Å². The summed E-state index contributed by atoms with van der Waals surface area (Å²) < 4.78 is 5.72. The van der Waals surface area contributed by atoms with Crippen LogP contribution in [-0.4, -0.2) is 31.6 Å². The number of carbonyl (C=O) groups excluding carboxylic acids is 1. The van der Waals surface area contributed by atoms with Crippen molar-refractivity contribution >= 4 is 23.4 Å². The lowest BCUT2D eigenvalue weighted by Crippen LogP contribution is -2.54. The molecular weight excluding hydrogens is 292 g/mol. The fourth-order valence-corrected chi connectivity index (χ4v) is 4.85. The molecule has 1 aromatic rings. The zero-order valence-corrected chi connectivity index (χ0v) is 13.1. The number of hydrogen-bond donors (Lipinski definition) is 0. The van der Waals surface area contributed by atoms with Crippen LogP contribution in [0.2, 0.25) is 0 Å². The molecule has 6 nitrogen and oxygen atoms in total. The summed E-state index contributed by atoms with van der Waals surface area (Å²) in [6.45, 7) is 7.99. The van der Waals surface area contributed by atoms with E-state index in [0.29, 0.717) is 5.75 Å². The highest BCUT2D eigenvalue weighted by Gasteiger charge is 2.57. The predicted molar refractivity (Wildman–Crippen MR) is 79.4 cm³/mol. The molecule has 0 aromatic heterocycles. The summed E-state index contributed by atoms with van der Waals surface area (Å²) in [4.78, 5) is 24.4. The van der Waals surface area contributed by atoms with Gasteiger partial charge in [-0.05, 0) is 33.8 Å². The standard InChI is InChI=1S/C14H16N2O4S/c1-13(2)12-15(14(3,4)21-13)11(17)9-7-8(16(18)19)5-6-10(9)20-12/h5-7,12H,1-4H3/t12-/m0/s1. The Labute approximate surface area is 126 Å². The van der Waals surface area contributed by atoms with E-state index in [1.54, 1.807) is 16.7 Å². The second kappa shape index (κ2) is 4.13. The molecule has 0 spiro atoms. The van der Waals surface area contributed by atoms with Crippen LogP contribution >= 0.6 is 11.8 Å². The van der Waals surface area contributed by atoms with Gasteiger partial charge < -0.3 is 4.74 Å². The first kappa shape index (κ1) is 14.2. The molecule has 2 heterocycles. The van der Waals surface area contributed by atoms with E-state index in [4.69, 9.17) is 4.74 Å². The van der Waals surface area contributed by atoms with Gasteiger partial charge in [0.2, 0.25) is 0 Å². The molecule has 0 N–H and O–H groups in total. The van der Waals surface area contributed by atoms with Crippen LogP contribution in [0.25, 0.3) is 0 Å². The smallest absolute Gasteiger partial charge is 0.270 e. The molecule has 1 atom stereocenters. The molecule has 1 fully saturated rings. The van der Waals surface area contributed by atoms with Crippen LogP contribution < -0.4 is 4.74 Å². The van der Waals surface area contributed by atoms with Crippen molar-refractivity contribution in [2.75, 3.05) is 0 Å². The van der Waals surface area contributed by atoms with Crippen molar-refractivity contribution in [1.29, 1.82) is 0 Å². The van der Waals surface area contributed by atoms with Crippen LogP contribution in [0.5, 0.6) is 5.75 Å². The van der Waals surface area contributed by atoms with Crippen LogP contribution in [0.4, 0.5) is 5.69 Å². The summed E-state index contributed by atoms with van der Waals surface area (Å²) in [6.07, 6.45) is -0.376. The van der Waals surface area contributed by atoms with Gasteiger partial charge in [0.15, 0.2) is 6.23 Å². The van der Waals surface area contributed by atoms with Crippen LogP contribution in [-0.2, 0) is 0 Å². The van der Waals surface area contributed by atoms with Gasteiger partial charge >= 0.3 is 0 Å². The summed E-state index contributed by atoms with van der Waals surface area (Å²) in [5.41, 5.74) is 0.153. The SMILES string of the molecule is CC1(C)SC(C)(C)N2C(=O)c3cc([N+](=O)[O-])ccc3O[C@H]21. The lowest BCUT2D eigenvalue weighted by atomic mass is 10.0. The summed E-state index contributed by atoms with van der Waals surface area (Å²) in [5.74, 6) is 0.200. The fourth-order valence-electron chi connectivity index (χ4n) is 3.03. The van der Waals surface area contributed by atoms with Crippen LogP contribution in [0.1, 0.15) is 38.1 Å². The average Bonchev–Trinajstić information content (AvgIpc) is 2.54. The number of nitrogens with zero attached hydrogens (tertiary/aromatic N) is 2. The number of thioether (sulfide) groups is 1. The third-order valence-corrected chi connectivity index (χ3v) is 5.21. The van der Waals surface area contributed by atoms with Crippen molar-refractivity contribution in [3.8, 4) is 5.75 Å². The Bertz CT molecular complexity index is 656. The predicted octanol–water partition coefficient (Wildman–Crippen LogP) is 3.02. The Morgan fingerprint density at radius 1 is 1.33 bits per heavy atom. The van der Waals surface area contributed by atoms with Gasteiger partial charge in [-0.15, -0.1) is 11.8 Å². The van der Waals surface area contributed by atoms with Crippen LogP contribution in [0.3, 0.4) is 0 Å². The maximum Gasteiger partial charge on any atom is 0.270 e. The molecule has 1 saturated heterocycles. The van der Waals surface area contributed by atoms with Gasteiger partial charge in [-0.1, -0.05) is 0 Å². The van der Waals surface area contributed by atoms with Gasteiger partial charge in [0.1, 0.15) is 5.75 Å². The molecule has 0 unspecified atom stereocenters. The van der Waals surface area contributed by atoms with E-state index in [2.05, 4.69) is 0 Å². The van der Waals surface area contributed by atoms with Gasteiger partial charge in [0, 0.05) is 12.1 Å². The largest absolute Gasteiger partial charge is 0.468 e. The molecule has 1 aromatic carbocycles. The summed E-state index contributed by atoms with van der Waals surface area (Å²) in [5, 5.41) is 10.9. The van der Waals surface area contributed by atoms with E-state index in [9.17, 15) is 14.9 Å². The Balaban J connectivity index is 2.12. The zero-order chi connectivity index (χ0) is 15.6. The maximum atomic E-state index is 12.8. The van der Waals surface area contributed by atoms with E-state index in [1.165, 1.54) is 18.2 Å². The topological polar surface area (TPSA) is 72.7 Å². The summed E-state index contributed by atoms with van der Waals surface area (Å²) >= 11 is 1.66. The fraction of sp³-hybridized carbons (Fsp3) is 0.500. The second-order valence-electron chi connectivity index (χ2n) is 6.24. The molecule has 0 saturated carbocycles. The molecule has 2 aliphatic rings. The Hall–Kier alpha value is -1.76. The molecular formula is C14H16N2O4S. The minimum atomic E-state index is -0.506. The number of ether oxygens (including phenoxy) is 1. The Morgan fingerprint density at radius 3 is 2.62 bits per heavy atom. The van der Waals surface area contributed by atoms with Crippen molar-refractivity contribution in [1.82, 2.24) is 4.90 Å². The Kier molecular flexibility index (Phi) is 2.79. The van der Waals surface area contributed by atoms with Gasteiger partial charge in [0.05, 0.1) is 20.1 Å². The summed E-state index contributed by atoms with van der Waals surface area (Å²) in [7, 11) is 0. The van der Waals surface area contributed by atoms with Crippen molar-refractivity contribution in [3.05, 3.63) is 33.9 Å². The third-order valence-electron chi connectivity index (χ3n) is 3.78. The number of nitro benzene ring substituents is 1. The lowest BCUT2D eigenvalue weighted by Gasteiger charge is -2.39. The first-order chi connectivity index (χ1) is 9.63. The molecule has 3 rings (SSSR count).